The molecular formula is C12H10BrNO. The minimum Gasteiger partial charge on any atom is -0.489 e. The molecule has 2 rings (SSSR count). The molecule has 2 nitrogen and oxygen atoms in total. The van der Waals surface area contributed by atoms with Crippen molar-refractivity contribution in [2.75, 3.05) is 0 Å². The third-order valence-corrected chi connectivity index (χ3v) is 2.47. The van der Waals surface area contributed by atoms with Gasteiger partial charge in [-0.15, -0.1) is 0 Å². The topological polar surface area (TPSA) is 22.1 Å². The van der Waals surface area contributed by atoms with Crippen LogP contribution < -0.4 is 4.74 Å². The number of pyridine rings is 1. The average molecular weight is 264 g/mol. The van der Waals surface area contributed by atoms with E-state index in [9.17, 15) is 0 Å². The number of hydrogen-bond acceptors (Lipinski definition) is 2. The van der Waals surface area contributed by atoms with Crippen molar-refractivity contribution in [2.45, 2.75) is 6.61 Å². The summed E-state index contributed by atoms with van der Waals surface area (Å²) >= 11 is 3.38. The molecule has 1 aromatic heterocycles. The first kappa shape index (κ1) is 10.2. The molecule has 0 saturated carbocycles. The van der Waals surface area contributed by atoms with Crippen LogP contribution in [0, 0.1) is 0 Å². The zero-order valence-electron chi connectivity index (χ0n) is 8.06. The van der Waals surface area contributed by atoms with Gasteiger partial charge in [0.25, 0.3) is 0 Å². The molecule has 1 aromatic carbocycles. The van der Waals surface area contributed by atoms with E-state index in [2.05, 4.69) is 20.9 Å². The van der Waals surface area contributed by atoms with E-state index in [0.717, 1.165) is 15.8 Å². The van der Waals surface area contributed by atoms with Gasteiger partial charge in [-0.2, -0.15) is 0 Å². The molecule has 0 amide bonds. The van der Waals surface area contributed by atoms with Crippen LogP contribution in [-0.4, -0.2) is 4.98 Å². The van der Waals surface area contributed by atoms with E-state index >= 15 is 0 Å². The highest BCUT2D eigenvalue weighted by molar-refractivity contribution is 9.10. The Bertz CT molecular complexity index is 413. The maximum Gasteiger partial charge on any atom is 0.119 e. The standard InChI is InChI=1S/C12H10BrNO/c13-11-3-5-12(6-4-11)15-9-10-2-1-7-14-8-10/h1-8H,9H2. The molecule has 0 aliphatic heterocycles. The van der Waals surface area contributed by atoms with Gasteiger partial charge < -0.3 is 4.74 Å². The second-order valence-corrected chi connectivity index (χ2v) is 4.02. The van der Waals surface area contributed by atoms with Crippen molar-refractivity contribution in [2.24, 2.45) is 0 Å². The number of nitrogens with zero attached hydrogens (tertiary/aromatic N) is 1. The number of ether oxygens (including phenoxy) is 1. The monoisotopic (exact) mass is 263 g/mol. The van der Waals surface area contributed by atoms with Gasteiger partial charge in [-0.3, -0.25) is 4.98 Å². The number of aromatic nitrogens is 1. The second-order valence-electron chi connectivity index (χ2n) is 3.10. The highest BCUT2D eigenvalue weighted by Gasteiger charge is 1.95. The Kier molecular flexibility index (Phi) is 3.35. The van der Waals surface area contributed by atoms with E-state index < -0.39 is 0 Å². The van der Waals surface area contributed by atoms with Gasteiger partial charge in [0, 0.05) is 22.4 Å². The lowest BCUT2D eigenvalue weighted by Crippen LogP contribution is -1.95. The Morgan fingerprint density at radius 1 is 1.13 bits per heavy atom. The van der Waals surface area contributed by atoms with Gasteiger partial charge in [0.15, 0.2) is 0 Å². The van der Waals surface area contributed by atoms with Crippen molar-refractivity contribution in [1.29, 1.82) is 0 Å². The lowest BCUT2D eigenvalue weighted by Gasteiger charge is -2.05. The molecule has 0 aliphatic rings. The Hall–Kier alpha value is -1.35. The Morgan fingerprint density at radius 3 is 2.60 bits per heavy atom. The molecule has 0 atom stereocenters. The van der Waals surface area contributed by atoms with Crippen molar-refractivity contribution in [3.05, 3.63) is 58.8 Å². The van der Waals surface area contributed by atoms with E-state index in [1.807, 2.05) is 36.4 Å². The summed E-state index contributed by atoms with van der Waals surface area (Å²) in [5.74, 6) is 0.863. The van der Waals surface area contributed by atoms with Crippen LogP contribution in [0.1, 0.15) is 5.56 Å². The van der Waals surface area contributed by atoms with Crippen LogP contribution in [0.25, 0.3) is 0 Å². The largest absolute Gasteiger partial charge is 0.489 e. The summed E-state index contributed by atoms with van der Waals surface area (Å²) in [4.78, 5) is 4.02. The average Bonchev–Trinajstić information content (AvgIpc) is 2.30. The van der Waals surface area contributed by atoms with E-state index in [1.165, 1.54) is 0 Å². The molecule has 0 radical (unpaired) electrons. The first-order valence-electron chi connectivity index (χ1n) is 4.62. The molecule has 1 heterocycles. The van der Waals surface area contributed by atoms with Crippen LogP contribution in [0.4, 0.5) is 0 Å². The summed E-state index contributed by atoms with van der Waals surface area (Å²) in [5.41, 5.74) is 1.07. The fraction of sp³-hybridized carbons (Fsp3) is 0.0833. The van der Waals surface area contributed by atoms with Gasteiger partial charge in [-0.25, -0.2) is 0 Å². The van der Waals surface area contributed by atoms with Gasteiger partial charge in [0.2, 0.25) is 0 Å². The van der Waals surface area contributed by atoms with Crippen LogP contribution in [0.5, 0.6) is 5.75 Å². The van der Waals surface area contributed by atoms with Gasteiger partial charge in [-0.05, 0) is 30.3 Å². The normalized spacial score (nSPS) is 9.93. The lowest BCUT2D eigenvalue weighted by molar-refractivity contribution is 0.305. The molecule has 0 fully saturated rings. The van der Waals surface area contributed by atoms with Gasteiger partial charge >= 0.3 is 0 Å². The zero-order valence-corrected chi connectivity index (χ0v) is 9.65. The van der Waals surface area contributed by atoms with E-state index in [4.69, 9.17) is 4.74 Å². The van der Waals surface area contributed by atoms with Crippen LogP contribution >= 0.6 is 15.9 Å². The van der Waals surface area contributed by atoms with Crippen LogP contribution in [0.2, 0.25) is 0 Å². The molecule has 0 unspecified atom stereocenters. The van der Waals surface area contributed by atoms with Crippen molar-refractivity contribution in [3.8, 4) is 5.75 Å². The summed E-state index contributed by atoms with van der Waals surface area (Å²) in [6.45, 7) is 0.551. The fourth-order valence-electron chi connectivity index (χ4n) is 1.18. The second kappa shape index (κ2) is 4.94. The summed E-state index contributed by atoms with van der Waals surface area (Å²) in [6, 6.07) is 11.7. The molecule has 0 aliphatic carbocycles. The van der Waals surface area contributed by atoms with Crippen molar-refractivity contribution in [3.63, 3.8) is 0 Å². The van der Waals surface area contributed by atoms with E-state index in [0.29, 0.717) is 6.61 Å². The maximum absolute atomic E-state index is 5.59. The van der Waals surface area contributed by atoms with Gasteiger partial charge in [0.05, 0.1) is 0 Å². The number of benzene rings is 1. The lowest BCUT2D eigenvalue weighted by atomic mass is 10.3. The summed E-state index contributed by atoms with van der Waals surface area (Å²) in [6.07, 6.45) is 3.56. The Morgan fingerprint density at radius 2 is 1.93 bits per heavy atom. The van der Waals surface area contributed by atoms with Crippen LogP contribution in [0.15, 0.2) is 53.3 Å². The quantitative estimate of drug-likeness (QED) is 0.847. The van der Waals surface area contributed by atoms with Crippen LogP contribution in [0.3, 0.4) is 0 Å². The first-order chi connectivity index (χ1) is 7.34. The summed E-state index contributed by atoms with van der Waals surface area (Å²) in [5, 5.41) is 0. The summed E-state index contributed by atoms with van der Waals surface area (Å²) < 4.78 is 6.64. The molecule has 76 valence electrons. The predicted molar refractivity (Wildman–Crippen MR) is 62.7 cm³/mol. The minimum atomic E-state index is 0.551. The predicted octanol–water partition coefficient (Wildman–Crippen LogP) is 3.42. The van der Waals surface area contributed by atoms with E-state index in [-0.39, 0.29) is 0 Å². The molecule has 3 heteroatoms. The number of hydrogen-bond donors (Lipinski definition) is 0. The molecule has 0 N–H and O–H groups in total. The highest BCUT2D eigenvalue weighted by Crippen LogP contribution is 2.17. The fourth-order valence-corrected chi connectivity index (χ4v) is 1.45. The third-order valence-electron chi connectivity index (χ3n) is 1.94. The van der Waals surface area contributed by atoms with E-state index in [1.54, 1.807) is 12.4 Å². The van der Waals surface area contributed by atoms with Crippen LogP contribution in [-0.2, 0) is 6.61 Å². The maximum atomic E-state index is 5.59. The Labute approximate surface area is 97.1 Å². The molecular weight excluding hydrogens is 254 g/mol. The zero-order chi connectivity index (χ0) is 10.5. The number of rotatable bonds is 3. The third kappa shape index (κ3) is 3.06. The molecule has 15 heavy (non-hydrogen) atoms. The Balaban J connectivity index is 1.96. The molecule has 0 saturated heterocycles. The summed E-state index contributed by atoms with van der Waals surface area (Å²) in [7, 11) is 0. The molecule has 0 spiro atoms. The van der Waals surface area contributed by atoms with Gasteiger partial charge in [-0.1, -0.05) is 22.0 Å². The van der Waals surface area contributed by atoms with Gasteiger partial charge in [0.1, 0.15) is 12.4 Å². The molecule has 2 aromatic rings. The van der Waals surface area contributed by atoms with Crippen molar-refractivity contribution >= 4 is 15.9 Å². The minimum absolute atomic E-state index is 0.551. The smallest absolute Gasteiger partial charge is 0.119 e. The first-order valence-corrected chi connectivity index (χ1v) is 5.41. The SMILES string of the molecule is Brc1ccc(OCc2cccnc2)cc1. The molecule has 0 bridgehead atoms. The van der Waals surface area contributed by atoms with Crippen molar-refractivity contribution in [1.82, 2.24) is 4.98 Å². The number of halogens is 1. The highest BCUT2D eigenvalue weighted by atomic mass is 79.9. The van der Waals surface area contributed by atoms with Crippen molar-refractivity contribution < 1.29 is 4.74 Å².